The molecule has 0 saturated carbocycles. The van der Waals surface area contributed by atoms with Gasteiger partial charge in [-0.05, 0) is 24.3 Å². The van der Waals surface area contributed by atoms with E-state index in [-0.39, 0.29) is 24.5 Å². The smallest absolute Gasteiger partial charge is 0.233 e. The van der Waals surface area contributed by atoms with Gasteiger partial charge in [0.05, 0.1) is 37.8 Å². The SMILES string of the molecule is COc1ccc(-n2ccnc2SCC(=O)N(CCC#N)CCC#N)cc1. The molecule has 0 atom stereocenters. The highest BCUT2D eigenvalue weighted by atomic mass is 32.2. The molecule has 8 heteroatoms. The summed E-state index contributed by atoms with van der Waals surface area (Å²) < 4.78 is 7.06. The maximum Gasteiger partial charge on any atom is 0.233 e. The Kier molecular flexibility index (Phi) is 7.53. The minimum absolute atomic E-state index is 0.107. The number of carbonyl (C=O) groups excluding carboxylic acids is 1. The van der Waals surface area contributed by atoms with Crippen LogP contribution in [0.5, 0.6) is 5.75 Å². The third kappa shape index (κ3) is 5.27. The summed E-state index contributed by atoms with van der Waals surface area (Å²) in [5.41, 5.74) is 0.920. The fourth-order valence-corrected chi connectivity index (χ4v) is 3.16. The number of methoxy groups -OCH3 is 1. The number of amides is 1. The highest BCUT2D eigenvalue weighted by molar-refractivity contribution is 7.99. The van der Waals surface area contributed by atoms with Crippen LogP contribution in [0.15, 0.2) is 41.8 Å². The Labute approximate surface area is 156 Å². The first kappa shape index (κ1) is 19.4. The summed E-state index contributed by atoms with van der Waals surface area (Å²) >= 11 is 1.33. The second kappa shape index (κ2) is 10.1. The lowest BCUT2D eigenvalue weighted by molar-refractivity contribution is -0.128. The van der Waals surface area contributed by atoms with Crippen molar-refractivity contribution in [1.82, 2.24) is 14.5 Å². The van der Waals surface area contributed by atoms with E-state index in [1.54, 1.807) is 18.2 Å². The van der Waals surface area contributed by atoms with E-state index in [0.717, 1.165) is 11.4 Å². The van der Waals surface area contributed by atoms with E-state index in [2.05, 4.69) is 4.98 Å². The van der Waals surface area contributed by atoms with Crippen LogP contribution in [-0.2, 0) is 4.79 Å². The van der Waals surface area contributed by atoms with E-state index in [4.69, 9.17) is 15.3 Å². The number of benzene rings is 1. The van der Waals surface area contributed by atoms with Gasteiger partial charge in [0.25, 0.3) is 0 Å². The first-order valence-electron chi connectivity index (χ1n) is 8.02. The molecule has 7 nitrogen and oxygen atoms in total. The van der Waals surface area contributed by atoms with E-state index >= 15 is 0 Å². The fourth-order valence-electron chi connectivity index (χ4n) is 2.28. The number of ether oxygens (including phenoxy) is 1. The summed E-state index contributed by atoms with van der Waals surface area (Å²) in [5.74, 6) is 0.859. The first-order valence-corrected chi connectivity index (χ1v) is 9.00. The molecule has 0 bridgehead atoms. The predicted molar refractivity (Wildman–Crippen MR) is 97.9 cm³/mol. The molecule has 0 unspecified atom stereocenters. The molecule has 0 spiro atoms. The van der Waals surface area contributed by atoms with Gasteiger partial charge < -0.3 is 9.64 Å². The molecule has 0 aliphatic carbocycles. The Morgan fingerprint density at radius 2 is 1.88 bits per heavy atom. The van der Waals surface area contributed by atoms with Gasteiger partial charge in [-0.1, -0.05) is 11.8 Å². The van der Waals surface area contributed by atoms with Gasteiger partial charge in [0, 0.05) is 31.2 Å². The van der Waals surface area contributed by atoms with Crippen LogP contribution in [0.3, 0.4) is 0 Å². The normalized spacial score (nSPS) is 9.96. The molecule has 0 N–H and O–H groups in total. The van der Waals surface area contributed by atoms with Crippen LogP contribution in [0.25, 0.3) is 5.69 Å². The van der Waals surface area contributed by atoms with E-state index in [9.17, 15) is 4.79 Å². The second-order valence-corrected chi connectivity index (χ2v) is 6.21. The second-order valence-electron chi connectivity index (χ2n) is 5.26. The molecular weight excluding hydrogens is 350 g/mol. The van der Waals surface area contributed by atoms with Crippen molar-refractivity contribution in [3.8, 4) is 23.6 Å². The monoisotopic (exact) mass is 369 g/mol. The third-order valence-corrected chi connectivity index (χ3v) is 4.57. The molecule has 0 saturated heterocycles. The van der Waals surface area contributed by atoms with E-state index in [0.29, 0.717) is 18.2 Å². The number of rotatable bonds is 9. The van der Waals surface area contributed by atoms with Crippen LogP contribution < -0.4 is 4.74 Å². The minimum Gasteiger partial charge on any atom is -0.497 e. The lowest BCUT2D eigenvalue weighted by atomic mass is 10.3. The standard InChI is InChI=1S/C18H19N5O2S/c1-25-16-6-4-15(5-7-16)23-13-10-21-18(23)26-14-17(24)22(11-2-8-19)12-3-9-20/h4-7,10,13H,2-3,11-12,14H2,1H3. The van der Waals surface area contributed by atoms with Crippen molar-refractivity contribution in [2.45, 2.75) is 18.0 Å². The lowest BCUT2D eigenvalue weighted by Gasteiger charge is -2.20. The van der Waals surface area contributed by atoms with Crippen LogP contribution >= 0.6 is 11.8 Å². The summed E-state index contributed by atoms with van der Waals surface area (Å²) in [4.78, 5) is 18.3. The number of thioether (sulfide) groups is 1. The molecule has 0 fully saturated rings. The maximum absolute atomic E-state index is 12.4. The molecule has 1 heterocycles. The van der Waals surface area contributed by atoms with Gasteiger partial charge in [-0.2, -0.15) is 10.5 Å². The first-order chi connectivity index (χ1) is 12.7. The number of imidazole rings is 1. The van der Waals surface area contributed by atoms with Crippen molar-refractivity contribution in [3.05, 3.63) is 36.7 Å². The van der Waals surface area contributed by atoms with Crippen LogP contribution in [-0.4, -0.2) is 46.3 Å². The van der Waals surface area contributed by atoms with Gasteiger partial charge in [0.15, 0.2) is 5.16 Å². The Balaban J connectivity index is 2.02. The van der Waals surface area contributed by atoms with Gasteiger partial charge in [0.2, 0.25) is 5.91 Å². The number of nitrogens with zero attached hydrogens (tertiary/aromatic N) is 5. The van der Waals surface area contributed by atoms with Crippen molar-refractivity contribution in [2.75, 3.05) is 26.0 Å². The Morgan fingerprint density at radius 3 is 2.46 bits per heavy atom. The van der Waals surface area contributed by atoms with E-state index in [1.165, 1.54) is 11.8 Å². The van der Waals surface area contributed by atoms with Crippen molar-refractivity contribution in [1.29, 1.82) is 10.5 Å². The minimum atomic E-state index is -0.107. The van der Waals surface area contributed by atoms with E-state index < -0.39 is 0 Å². The average Bonchev–Trinajstić information content (AvgIpc) is 3.15. The topological polar surface area (TPSA) is 94.9 Å². The lowest BCUT2D eigenvalue weighted by Crippen LogP contribution is -2.34. The summed E-state index contributed by atoms with van der Waals surface area (Å²) in [6.07, 6.45) is 4.02. The fraction of sp³-hybridized carbons (Fsp3) is 0.333. The zero-order valence-corrected chi connectivity index (χ0v) is 15.3. The highest BCUT2D eigenvalue weighted by Crippen LogP contribution is 2.22. The molecule has 2 rings (SSSR count). The number of carbonyl (C=O) groups is 1. The van der Waals surface area contributed by atoms with Gasteiger partial charge in [-0.25, -0.2) is 4.98 Å². The Morgan fingerprint density at radius 1 is 1.23 bits per heavy atom. The van der Waals surface area contributed by atoms with Gasteiger partial charge in [-0.3, -0.25) is 9.36 Å². The molecule has 1 amide bonds. The van der Waals surface area contributed by atoms with Crippen LogP contribution in [0.2, 0.25) is 0 Å². The molecule has 0 radical (unpaired) electrons. The molecule has 134 valence electrons. The van der Waals surface area contributed by atoms with Crippen LogP contribution in [0.4, 0.5) is 0 Å². The zero-order chi connectivity index (χ0) is 18.8. The highest BCUT2D eigenvalue weighted by Gasteiger charge is 2.15. The van der Waals surface area contributed by atoms with Crippen molar-refractivity contribution >= 4 is 17.7 Å². The summed E-state index contributed by atoms with van der Waals surface area (Å²) in [6, 6.07) is 11.6. The number of hydrogen-bond acceptors (Lipinski definition) is 6. The van der Waals surface area contributed by atoms with Crippen molar-refractivity contribution in [2.24, 2.45) is 0 Å². The van der Waals surface area contributed by atoms with Crippen molar-refractivity contribution in [3.63, 3.8) is 0 Å². The molecule has 0 aliphatic heterocycles. The molecule has 0 aliphatic rings. The maximum atomic E-state index is 12.4. The number of aromatic nitrogens is 2. The Hall–Kier alpha value is -2.97. The van der Waals surface area contributed by atoms with Crippen molar-refractivity contribution < 1.29 is 9.53 Å². The molecule has 26 heavy (non-hydrogen) atoms. The summed E-state index contributed by atoms with van der Waals surface area (Å²) in [6.45, 7) is 0.676. The summed E-state index contributed by atoms with van der Waals surface area (Å²) in [7, 11) is 1.61. The average molecular weight is 369 g/mol. The zero-order valence-electron chi connectivity index (χ0n) is 14.5. The van der Waals surface area contributed by atoms with Gasteiger partial charge >= 0.3 is 0 Å². The van der Waals surface area contributed by atoms with Crippen LogP contribution in [0.1, 0.15) is 12.8 Å². The molecule has 2 aromatic rings. The predicted octanol–water partition coefficient (Wildman–Crippen LogP) is 2.63. The summed E-state index contributed by atoms with van der Waals surface area (Å²) in [5, 5.41) is 18.1. The largest absolute Gasteiger partial charge is 0.497 e. The molecule has 1 aromatic heterocycles. The van der Waals surface area contributed by atoms with Gasteiger partial charge in [0.1, 0.15) is 5.75 Å². The quantitative estimate of drug-likeness (QED) is 0.631. The van der Waals surface area contributed by atoms with Gasteiger partial charge in [-0.15, -0.1) is 0 Å². The van der Waals surface area contributed by atoms with E-state index in [1.807, 2.05) is 47.2 Å². The molecular formula is C18H19N5O2S. The van der Waals surface area contributed by atoms with Crippen LogP contribution in [0, 0.1) is 22.7 Å². The Bertz CT molecular complexity index is 786. The molecule has 1 aromatic carbocycles. The third-order valence-electron chi connectivity index (χ3n) is 3.62. The number of nitriles is 2. The number of hydrogen-bond donors (Lipinski definition) is 0.